The van der Waals surface area contributed by atoms with Crippen molar-refractivity contribution in [3.05, 3.63) is 0 Å². The van der Waals surface area contributed by atoms with E-state index in [1.54, 1.807) is 6.92 Å². The summed E-state index contributed by atoms with van der Waals surface area (Å²) in [5.74, 6) is -2.08. The van der Waals surface area contributed by atoms with Crippen LogP contribution in [0, 0.1) is 0 Å². The Bertz CT molecular complexity index is 190. The largest absolute Gasteiger partial charge is 0.490 e. The highest BCUT2D eigenvalue weighted by atomic mass is 19.4. The Balaban J connectivity index is 3.94. The number of unbranched alkanes of at least 4 members (excludes halogenated alkanes) is 2. The van der Waals surface area contributed by atoms with Crippen molar-refractivity contribution in [1.29, 1.82) is 0 Å². The number of carbonyl (C=O) groups excluding carboxylic acids is 1. The second kappa shape index (κ2) is 6.69. The summed E-state index contributed by atoms with van der Waals surface area (Å²) >= 11 is 0. The van der Waals surface area contributed by atoms with Crippen molar-refractivity contribution < 1.29 is 22.7 Å². The van der Waals surface area contributed by atoms with Crippen LogP contribution < -0.4 is 0 Å². The lowest BCUT2D eigenvalue weighted by atomic mass is 10.1. The van der Waals surface area contributed by atoms with Gasteiger partial charge in [-0.05, 0) is 19.3 Å². The first-order valence-electron chi connectivity index (χ1n) is 5.19. The van der Waals surface area contributed by atoms with Gasteiger partial charge in [0.2, 0.25) is 0 Å². The molecule has 1 unspecified atom stereocenters. The van der Waals surface area contributed by atoms with E-state index in [4.69, 9.17) is 0 Å². The molecule has 0 radical (unpaired) electrons. The molecule has 0 fully saturated rings. The molecule has 0 spiro atoms. The fourth-order valence-electron chi connectivity index (χ4n) is 1.19. The standard InChI is InChI=1S/C10H17F3O2/c1-3-5-6-7-8(4-2)15-9(14)10(11,12)13/h8H,3-7H2,1-2H3. The maximum absolute atomic E-state index is 11.9. The van der Waals surface area contributed by atoms with Gasteiger partial charge in [-0.25, -0.2) is 4.79 Å². The quantitative estimate of drug-likeness (QED) is 0.512. The second-order valence-corrected chi connectivity index (χ2v) is 3.43. The van der Waals surface area contributed by atoms with Crippen LogP contribution in [0.2, 0.25) is 0 Å². The number of alkyl halides is 3. The van der Waals surface area contributed by atoms with E-state index in [1.807, 2.05) is 6.92 Å². The van der Waals surface area contributed by atoms with Crippen LogP contribution in [0.5, 0.6) is 0 Å². The SMILES string of the molecule is CCCCCC(CC)OC(=O)C(F)(F)F. The number of carbonyl (C=O) groups is 1. The van der Waals surface area contributed by atoms with Gasteiger partial charge in [0.25, 0.3) is 0 Å². The molecule has 0 aliphatic rings. The van der Waals surface area contributed by atoms with E-state index in [1.165, 1.54) is 0 Å². The van der Waals surface area contributed by atoms with E-state index in [0.29, 0.717) is 12.8 Å². The van der Waals surface area contributed by atoms with Crippen LogP contribution in [0.3, 0.4) is 0 Å². The topological polar surface area (TPSA) is 26.3 Å². The van der Waals surface area contributed by atoms with Crippen molar-refractivity contribution in [3.8, 4) is 0 Å². The number of esters is 1. The molecule has 0 N–H and O–H groups in total. The highest BCUT2D eigenvalue weighted by Crippen LogP contribution is 2.20. The van der Waals surface area contributed by atoms with Crippen molar-refractivity contribution in [3.63, 3.8) is 0 Å². The molecular formula is C10H17F3O2. The molecule has 0 aromatic carbocycles. The van der Waals surface area contributed by atoms with Gasteiger partial charge in [0.05, 0.1) is 0 Å². The van der Waals surface area contributed by atoms with Crippen molar-refractivity contribution >= 4 is 5.97 Å². The number of halogens is 3. The Labute approximate surface area is 87.8 Å². The molecule has 0 heterocycles. The molecule has 2 nitrogen and oxygen atoms in total. The van der Waals surface area contributed by atoms with Crippen molar-refractivity contribution in [1.82, 2.24) is 0 Å². The average molecular weight is 226 g/mol. The lowest BCUT2D eigenvalue weighted by molar-refractivity contribution is -0.205. The Hall–Kier alpha value is -0.740. The zero-order chi connectivity index (χ0) is 11.9. The third-order valence-corrected chi connectivity index (χ3v) is 2.09. The van der Waals surface area contributed by atoms with Gasteiger partial charge in [0, 0.05) is 0 Å². The number of hydrogen-bond donors (Lipinski definition) is 0. The summed E-state index contributed by atoms with van der Waals surface area (Å²) in [6.45, 7) is 3.71. The maximum Gasteiger partial charge on any atom is 0.490 e. The summed E-state index contributed by atoms with van der Waals surface area (Å²) in [4.78, 5) is 10.5. The van der Waals surface area contributed by atoms with E-state index >= 15 is 0 Å². The Morgan fingerprint density at radius 3 is 2.27 bits per heavy atom. The predicted molar refractivity (Wildman–Crippen MR) is 50.4 cm³/mol. The molecule has 0 saturated carbocycles. The molecule has 90 valence electrons. The molecule has 0 aromatic rings. The first kappa shape index (κ1) is 14.3. The van der Waals surface area contributed by atoms with Gasteiger partial charge in [-0.3, -0.25) is 0 Å². The molecule has 15 heavy (non-hydrogen) atoms. The first-order chi connectivity index (χ1) is 6.91. The predicted octanol–water partition coefficient (Wildman–Crippen LogP) is 3.45. The smallest absolute Gasteiger partial charge is 0.456 e. The van der Waals surface area contributed by atoms with Gasteiger partial charge in [0.1, 0.15) is 6.10 Å². The molecule has 0 aromatic heterocycles. The van der Waals surface area contributed by atoms with E-state index in [0.717, 1.165) is 19.3 Å². The number of rotatable bonds is 6. The molecule has 5 heteroatoms. The van der Waals surface area contributed by atoms with Crippen LogP contribution in [-0.4, -0.2) is 18.2 Å². The second-order valence-electron chi connectivity index (χ2n) is 3.43. The minimum absolute atomic E-state index is 0.422. The van der Waals surface area contributed by atoms with E-state index in [9.17, 15) is 18.0 Å². The molecule has 0 amide bonds. The van der Waals surface area contributed by atoms with Gasteiger partial charge in [0.15, 0.2) is 0 Å². The third kappa shape index (κ3) is 6.36. The molecule has 0 aliphatic carbocycles. The Morgan fingerprint density at radius 2 is 1.87 bits per heavy atom. The Morgan fingerprint density at radius 1 is 1.27 bits per heavy atom. The summed E-state index contributed by atoms with van der Waals surface area (Å²) in [6.07, 6.45) is -1.83. The number of ether oxygens (including phenoxy) is 1. The summed E-state index contributed by atoms with van der Waals surface area (Å²) in [5, 5.41) is 0. The molecule has 0 rings (SSSR count). The van der Waals surface area contributed by atoms with Gasteiger partial charge in [-0.1, -0.05) is 26.7 Å². The fourth-order valence-corrected chi connectivity index (χ4v) is 1.19. The van der Waals surface area contributed by atoms with E-state index in [-0.39, 0.29) is 0 Å². The normalized spacial score (nSPS) is 13.7. The van der Waals surface area contributed by atoms with Crippen LogP contribution >= 0.6 is 0 Å². The highest BCUT2D eigenvalue weighted by molar-refractivity contribution is 5.75. The molecule has 0 saturated heterocycles. The average Bonchev–Trinajstić information content (AvgIpc) is 2.14. The van der Waals surface area contributed by atoms with Crippen LogP contribution in [0.4, 0.5) is 13.2 Å². The van der Waals surface area contributed by atoms with Gasteiger partial charge >= 0.3 is 12.1 Å². The highest BCUT2D eigenvalue weighted by Gasteiger charge is 2.41. The van der Waals surface area contributed by atoms with Crippen LogP contribution in [0.15, 0.2) is 0 Å². The maximum atomic E-state index is 11.9. The molecule has 1 atom stereocenters. The van der Waals surface area contributed by atoms with Crippen LogP contribution in [0.1, 0.15) is 46.0 Å². The lowest BCUT2D eigenvalue weighted by Gasteiger charge is -2.16. The van der Waals surface area contributed by atoms with Crippen LogP contribution in [0.25, 0.3) is 0 Å². The third-order valence-electron chi connectivity index (χ3n) is 2.09. The fraction of sp³-hybridized carbons (Fsp3) is 0.900. The van der Waals surface area contributed by atoms with Crippen molar-refractivity contribution in [2.24, 2.45) is 0 Å². The number of hydrogen-bond acceptors (Lipinski definition) is 2. The zero-order valence-corrected chi connectivity index (χ0v) is 9.06. The summed E-state index contributed by atoms with van der Waals surface area (Å²) in [5.41, 5.74) is 0. The van der Waals surface area contributed by atoms with E-state index < -0.39 is 18.2 Å². The summed E-state index contributed by atoms with van der Waals surface area (Å²) in [6, 6.07) is 0. The van der Waals surface area contributed by atoms with E-state index in [2.05, 4.69) is 4.74 Å². The van der Waals surface area contributed by atoms with Crippen LogP contribution in [-0.2, 0) is 9.53 Å². The summed E-state index contributed by atoms with van der Waals surface area (Å²) in [7, 11) is 0. The Kier molecular flexibility index (Phi) is 6.36. The van der Waals surface area contributed by atoms with Crippen molar-refractivity contribution in [2.75, 3.05) is 0 Å². The first-order valence-corrected chi connectivity index (χ1v) is 5.19. The summed E-state index contributed by atoms with van der Waals surface area (Å²) < 4.78 is 39.9. The minimum atomic E-state index is -4.88. The van der Waals surface area contributed by atoms with Gasteiger partial charge < -0.3 is 4.74 Å². The van der Waals surface area contributed by atoms with Gasteiger partial charge in [-0.15, -0.1) is 0 Å². The molecule has 0 bridgehead atoms. The molecule has 0 aliphatic heterocycles. The van der Waals surface area contributed by atoms with Gasteiger partial charge in [-0.2, -0.15) is 13.2 Å². The molecular weight excluding hydrogens is 209 g/mol. The monoisotopic (exact) mass is 226 g/mol. The lowest BCUT2D eigenvalue weighted by Crippen LogP contribution is -2.29. The van der Waals surface area contributed by atoms with Crippen molar-refractivity contribution in [2.45, 2.75) is 58.2 Å². The zero-order valence-electron chi connectivity index (χ0n) is 9.06. The minimum Gasteiger partial charge on any atom is -0.456 e.